The highest BCUT2D eigenvalue weighted by Gasteiger charge is 2.29. The van der Waals surface area contributed by atoms with E-state index < -0.39 is 32.9 Å². The number of ether oxygens (including phenoxy) is 2. The molecule has 0 spiro atoms. The predicted molar refractivity (Wildman–Crippen MR) is 107 cm³/mol. The molecule has 13 heteroatoms. The zero-order valence-electron chi connectivity index (χ0n) is 16.1. The van der Waals surface area contributed by atoms with Gasteiger partial charge in [-0.2, -0.15) is 8.99 Å². The zero-order chi connectivity index (χ0) is 22.0. The number of nitrogens with zero attached hydrogens (tertiary/aromatic N) is 5. The highest BCUT2D eigenvalue weighted by Crippen LogP contribution is 2.31. The Bertz CT molecular complexity index is 1300. The molecular weight excluding hydrogens is 430 g/mol. The molecule has 0 radical (unpaired) electrons. The molecule has 1 aliphatic heterocycles. The molecule has 2 heterocycles. The normalized spacial score (nSPS) is 15.1. The number of sulfonamides is 1. The molecule has 0 bridgehead atoms. The van der Waals surface area contributed by atoms with Gasteiger partial charge in [0.1, 0.15) is 5.52 Å². The number of hydrogen-bond donors (Lipinski definition) is 0. The van der Waals surface area contributed by atoms with Gasteiger partial charge in [-0.3, -0.25) is 14.9 Å². The molecule has 1 aliphatic rings. The lowest BCUT2D eigenvalue weighted by Crippen LogP contribution is -2.40. The smallest absolute Gasteiger partial charge is 0.312 e. The predicted octanol–water partition coefficient (Wildman–Crippen LogP) is 0.757. The molecule has 0 unspecified atom stereocenters. The summed E-state index contributed by atoms with van der Waals surface area (Å²) in [6, 6.07) is 9.95. The van der Waals surface area contributed by atoms with Crippen LogP contribution < -0.4 is 10.3 Å². The summed E-state index contributed by atoms with van der Waals surface area (Å²) in [6.07, 6.45) is 0. The Labute approximate surface area is 175 Å². The Morgan fingerprint density at radius 1 is 1.16 bits per heavy atom. The number of nitro groups is 1. The number of morpholine rings is 1. The van der Waals surface area contributed by atoms with E-state index in [4.69, 9.17) is 9.47 Å². The summed E-state index contributed by atoms with van der Waals surface area (Å²) in [5.41, 5.74) is -0.608. The lowest BCUT2D eigenvalue weighted by molar-refractivity contribution is -0.386. The Kier molecular flexibility index (Phi) is 5.63. The quantitative estimate of drug-likeness (QED) is 0.394. The summed E-state index contributed by atoms with van der Waals surface area (Å²) in [5, 5.41) is 19.5. The Balaban J connectivity index is 1.61. The first-order valence-electron chi connectivity index (χ1n) is 9.19. The van der Waals surface area contributed by atoms with Crippen molar-refractivity contribution >= 4 is 26.6 Å². The SMILES string of the molecule is O=c1c2ccccc2nnn1COc1ccc(S(=O)(=O)N2CCOCC2)cc1[N+](=O)[O-]. The van der Waals surface area contributed by atoms with Crippen LogP contribution in [0, 0.1) is 10.1 Å². The second-order valence-electron chi connectivity index (χ2n) is 6.59. The second kappa shape index (κ2) is 8.37. The molecule has 1 aromatic heterocycles. The van der Waals surface area contributed by atoms with Gasteiger partial charge in [0.25, 0.3) is 5.56 Å². The number of benzene rings is 2. The van der Waals surface area contributed by atoms with Crippen LogP contribution in [0.15, 0.2) is 52.2 Å². The lowest BCUT2D eigenvalue weighted by Gasteiger charge is -2.26. The average Bonchev–Trinajstić information content (AvgIpc) is 2.79. The first-order valence-corrected chi connectivity index (χ1v) is 10.6. The third-order valence-corrected chi connectivity index (χ3v) is 6.60. The summed E-state index contributed by atoms with van der Waals surface area (Å²) >= 11 is 0. The van der Waals surface area contributed by atoms with Crippen LogP contribution in [-0.4, -0.2) is 58.9 Å². The van der Waals surface area contributed by atoms with Crippen molar-refractivity contribution < 1.29 is 22.8 Å². The van der Waals surface area contributed by atoms with Crippen molar-refractivity contribution in [3.63, 3.8) is 0 Å². The van der Waals surface area contributed by atoms with E-state index in [1.165, 1.54) is 16.4 Å². The zero-order valence-corrected chi connectivity index (χ0v) is 16.9. The van der Waals surface area contributed by atoms with Crippen molar-refractivity contribution in [1.29, 1.82) is 0 Å². The number of fused-ring (bicyclic) bond motifs is 1. The average molecular weight is 447 g/mol. The fourth-order valence-electron chi connectivity index (χ4n) is 3.10. The summed E-state index contributed by atoms with van der Waals surface area (Å²) in [6.45, 7) is 0.400. The standard InChI is InChI=1S/C18H17N5O7S/c24-18-14-3-1-2-4-15(14)19-20-22(18)12-30-17-6-5-13(11-16(17)23(25)26)31(27,28)21-7-9-29-10-8-21/h1-6,11H,7-10,12H2. The highest BCUT2D eigenvalue weighted by atomic mass is 32.2. The summed E-state index contributed by atoms with van der Waals surface area (Å²) in [7, 11) is -3.92. The van der Waals surface area contributed by atoms with Crippen molar-refractivity contribution in [2.24, 2.45) is 0 Å². The molecule has 0 saturated carbocycles. The van der Waals surface area contributed by atoms with E-state index in [0.29, 0.717) is 10.9 Å². The molecule has 0 amide bonds. The van der Waals surface area contributed by atoms with Crippen LogP contribution in [-0.2, 0) is 21.5 Å². The van der Waals surface area contributed by atoms with Crippen molar-refractivity contribution in [2.45, 2.75) is 11.6 Å². The van der Waals surface area contributed by atoms with Crippen LogP contribution in [0.1, 0.15) is 0 Å². The molecule has 0 aliphatic carbocycles. The molecule has 1 fully saturated rings. The Morgan fingerprint density at radius 2 is 1.90 bits per heavy atom. The Morgan fingerprint density at radius 3 is 2.65 bits per heavy atom. The molecule has 3 aromatic rings. The highest BCUT2D eigenvalue weighted by molar-refractivity contribution is 7.89. The Hall–Kier alpha value is -3.42. The van der Waals surface area contributed by atoms with Crippen molar-refractivity contribution in [3.05, 3.63) is 62.9 Å². The van der Waals surface area contributed by atoms with Gasteiger partial charge in [-0.1, -0.05) is 17.3 Å². The number of nitro benzene ring substituents is 1. The molecule has 12 nitrogen and oxygen atoms in total. The fourth-order valence-corrected chi connectivity index (χ4v) is 4.53. The third kappa shape index (κ3) is 4.10. The van der Waals surface area contributed by atoms with Gasteiger partial charge < -0.3 is 9.47 Å². The van der Waals surface area contributed by atoms with E-state index in [9.17, 15) is 23.3 Å². The van der Waals surface area contributed by atoms with Crippen LogP contribution in [0.5, 0.6) is 5.75 Å². The lowest BCUT2D eigenvalue weighted by atomic mass is 10.2. The summed E-state index contributed by atoms with van der Waals surface area (Å²) in [4.78, 5) is 23.0. The topological polar surface area (TPSA) is 147 Å². The molecule has 0 atom stereocenters. The van der Waals surface area contributed by atoms with E-state index in [-0.39, 0.29) is 36.9 Å². The molecule has 162 valence electrons. The van der Waals surface area contributed by atoms with Crippen molar-refractivity contribution in [2.75, 3.05) is 26.3 Å². The third-order valence-electron chi connectivity index (χ3n) is 4.71. The number of rotatable bonds is 6. The maximum atomic E-state index is 12.8. The van der Waals surface area contributed by atoms with Gasteiger partial charge in [-0.15, -0.1) is 5.10 Å². The van der Waals surface area contributed by atoms with Gasteiger partial charge in [0.2, 0.25) is 10.0 Å². The van der Waals surface area contributed by atoms with E-state index >= 15 is 0 Å². The first kappa shape index (κ1) is 20.8. The molecular formula is C18H17N5O7S. The van der Waals surface area contributed by atoms with E-state index in [0.717, 1.165) is 10.7 Å². The molecule has 0 N–H and O–H groups in total. The van der Waals surface area contributed by atoms with Crippen molar-refractivity contribution in [3.8, 4) is 5.75 Å². The summed E-state index contributed by atoms with van der Waals surface area (Å²) in [5.74, 6) is -0.201. The first-order chi connectivity index (χ1) is 14.9. The number of hydrogen-bond acceptors (Lipinski definition) is 9. The van der Waals surface area contributed by atoms with E-state index in [1.54, 1.807) is 24.3 Å². The monoisotopic (exact) mass is 447 g/mol. The molecule has 2 aromatic carbocycles. The fraction of sp³-hybridized carbons (Fsp3) is 0.278. The summed E-state index contributed by atoms with van der Waals surface area (Å²) < 4.78 is 38.2. The van der Waals surface area contributed by atoms with Crippen LogP contribution >= 0.6 is 0 Å². The van der Waals surface area contributed by atoms with Crippen LogP contribution in [0.3, 0.4) is 0 Å². The van der Waals surface area contributed by atoms with Gasteiger partial charge in [0.15, 0.2) is 12.5 Å². The molecule has 1 saturated heterocycles. The van der Waals surface area contributed by atoms with Crippen LogP contribution in [0.4, 0.5) is 5.69 Å². The van der Waals surface area contributed by atoms with Gasteiger partial charge in [-0.25, -0.2) is 8.42 Å². The van der Waals surface area contributed by atoms with Gasteiger partial charge in [0, 0.05) is 19.2 Å². The molecule has 4 rings (SSSR count). The van der Waals surface area contributed by atoms with Crippen LogP contribution in [0.2, 0.25) is 0 Å². The van der Waals surface area contributed by atoms with Gasteiger partial charge >= 0.3 is 5.69 Å². The van der Waals surface area contributed by atoms with E-state index in [2.05, 4.69) is 10.3 Å². The maximum Gasteiger partial charge on any atom is 0.312 e. The van der Waals surface area contributed by atoms with Gasteiger partial charge in [-0.05, 0) is 24.3 Å². The van der Waals surface area contributed by atoms with E-state index in [1.807, 2.05) is 0 Å². The minimum Gasteiger partial charge on any atom is -0.464 e. The second-order valence-corrected chi connectivity index (χ2v) is 8.53. The maximum absolute atomic E-state index is 12.8. The minimum absolute atomic E-state index is 0.165. The van der Waals surface area contributed by atoms with Crippen LogP contribution in [0.25, 0.3) is 10.9 Å². The molecule has 31 heavy (non-hydrogen) atoms. The van der Waals surface area contributed by atoms with Crippen molar-refractivity contribution in [1.82, 2.24) is 19.3 Å². The largest absolute Gasteiger partial charge is 0.464 e. The minimum atomic E-state index is -3.92. The van der Waals surface area contributed by atoms with Gasteiger partial charge in [0.05, 0.1) is 28.4 Å². The number of aromatic nitrogens is 3.